The first-order valence-electron chi connectivity index (χ1n) is 6.74. The SMILES string of the molecule is CCn1cc(C#CCNC(=O)OCc2ccccc2)cn1. The van der Waals surface area contributed by atoms with Crippen LogP contribution in [0.4, 0.5) is 4.79 Å². The molecular weight excluding hydrogens is 266 g/mol. The Morgan fingerprint density at radius 2 is 2.19 bits per heavy atom. The normalized spacial score (nSPS) is 9.57. The summed E-state index contributed by atoms with van der Waals surface area (Å²) in [5.41, 5.74) is 1.78. The maximum atomic E-state index is 11.5. The number of amides is 1. The third-order valence-electron chi connectivity index (χ3n) is 2.72. The molecule has 0 aliphatic carbocycles. The number of rotatable bonds is 4. The number of ether oxygens (including phenoxy) is 1. The Labute approximate surface area is 123 Å². The molecule has 5 nitrogen and oxygen atoms in total. The minimum absolute atomic E-state index is 0.241. The number of nitrogens with one attached hydrogen (secondary N) is 1. The Balaban J connectivity index is 1.70. The Morgan fingerprint density at radius 3 is 2.90 bits per heavy atom. The smallest absolute Gasteiger partial charge is 0.408 e. The Hall–Kier alpha value is -2.74. The minimum atomic E-state index is -0.475. The second kappa shape index (κ2) is 7.75. The molecule has 108 valence electrons. The summed E-state index contributed by atoms with van der Waals surface area (Å²) in [6.45, 7) is 3.31. The van der Waals surface area contributed by atoms with Gasteiger partial charge in [-0.05, 0) is 12.5 Å². The predicted molar refractivity (Wildman–Crippen MR) is 79.4 cm³/mol. The molecule has 1 aromatic carbocycles. The molecule has 1 aromatic heterocycles. The van der Waals surface area contributed by atoms with Crippen molar-refractivity contribution in [2.75, 3.05) is 6.54 Å². The van der Waals surface area contributed by atoms with Crippen LogP contribution in [0.1, 0.15) is 18.1 Å². The van der Waals surface area contributed by atoms with E-state index in [2.05, 4.69) is 22.3 Å². The van der Waals surface area contributed by atoms with Gasteiger partial charge in [0.1, 0.15) is 6.61 Å². The quantitative estimate of drug-likeness (QED) is 0.875. The number of hydrogen-bond donors (Lipinski definition) is 1. The van der Waals surface area contributed by atoms with Gasteiger partial charge in [0.15, 0.2) is 0 Å². The molecule has 0 radical (unpaired) electrons. The van der Waals surface area contributed by atoms with Crippen molar-refractivity contribution in [1.82, 2.24) is 15.1 Å². The van der Waals surface area contributed by atoms with Crippen molar-refractivity contribution in [1.29, 1.82) is 0 Å². The molecule has 0 unspecified atom stereocenters. The molecule has 2 aromatic rings. The molecule has 0 spiro atoms. The van der Waals surface area contributed by atoms with Crippen molar-refractivity contribution in [3.63, 3.8) is 0 Å². The van der Waals surface area contributed by atoms with Crippen LogP contribution in [0.15, 0.2) is 42.7 Å². The van der Waals surface area contributed by atoms with Gasteiger partial charge in [0, 0.05) is 12.7 Å². The molecule has 5 heteroatoms. The average molecular weight is 283 g/mol. The van der Waals surface area contributed by atoms with E-state index >= 15 is 0 Å². The van der Waals surface area contributed by atoms with Gasteiger partial charge in [-0.25, -0.2) is 4.79 Å². The molecule has 0 bridgehead atoms. The molecule has 0 fully saturated rings. The van der Waals surface area contributed by atoms with Crippen molar-refractivity contribution in [2.24, 2.45) is 0 Å². The number of alkyl carbamates (subject to hydrolysis) is 1. The summed E-state index contributed by atoms with van der Waals surface area (Å²) in [5.74, 6) is 5.78. The van der Waals surface area contributed by atoms with Crippen molar-refractivity contribution in [3.8, 4) is 11.8 Å². The Kier molecular flexibility index (Phi) is 5.41. The number of carbonyl (C=O) groups excluding carboxylic acids is 1. The lowest BCUT2D eigenvalue weighted by atomic mass is 10.2. The molecule has 0 aliphatic rings. The van der Waals surface area contributed by atoms with E-state index in [0.717, 1.165) is 17.7 Å². The zero-order valence-corrected chi connectivity index (χ0v) is 11.9. The Morgan fingerprint density at radius 1 is 1.38 bits per heavy atom. The van der Waals surface area contributed by atoms with E-state index in [0.29, 0.717) is 0 Å². The molecule has 0 saturated carbocycles. The summed E-state index contributed by atoms with van der Waals surface area (Å²) in [5, 5.41) is 6.70. The highest BCUT2D eigenvalue weighted by molar-refractivity contribution is 5.67. The number of nitrogens with zero attached hydrogens (tertiary/aromatic N) is 2. The van der Waals surface area contributed by atoms with Gasteiger partial charge in [-0.3, -0.25) is 4.68 Å². The molecule has 0 aliphatic heterocycles. The number of hydrogen-bond acceptors (Lipinski definition) is 3. The maximum absolute atomic E-state index is 11.5. The lowest BCUT2D eigenvalue weighted by Crippen LogP contribution is -2.24. The largest absolute Gasteiger partial charge is 0.445 e. The summed E-state index contributed by atoms with van der Waals surface area (Å²) in [6.07, 6.45) is 3.09. The summed E-state index contributed by atoms with van der Waals surface area (Å²) in [4.78, 5) is 11.5. The van der Waals surface area contributed by atoms with Crippen LogP contribution in [0.25, 0.3) is 0 Å². The van der Waals surface area contributed by atoms with Crippen LogP contribution in [-0.2, 0) is 17.9 Å². The van der Waals surface area contributed by atoms with E-state index in [4.69, 9.17) is 4.74 Å². The van der Waals surface area contributed by atoms with Crippen molar-refractivity contribution >= 4 is 6.09 Å². The second-order valence-electron chi connectivity index (χ2n) is 4.30. The molecular formula is C16H17N3O2. The first kappa shape index (κ1) is 14.7. The third-order valence-corrected chi connectivity index (χ3v) is 2.72. The topological polar surface area (TPSA) is 56.2 Å². The first-order chi connectivity index (χ1) is 10.3. The van der Waals surface area contributed by atoms with Crippen LogP contribution in [-0.4, -0.2) is 22.4 Å². The highest BCUT2D eigenvalue weighted by atomic mass is 16.5. The predicted octanol–water partition coefficient (Wildman–Crippen LogP) is 2.18. The van der Waals surface area contributed by atoms with Gasteiger partial charge < -0.3 is 10.1 Å². The van der Waals surface area contributed by atoms with Gasteiger partial charge in [0.2, 0.25) is 0 Å². The van der Waals surface area contributed by atoms with E-state index < -0.39 is 6.09 Å². The zero-order valence-electron chi connectivity index (χ0n) is 11.9. The van der Waals surface area contributed by atoms with E-state index in [1.54, 1.807) is 10.9 Å². The fourth-order valence-electron chi connectivity index (χ4n) is 1.64. The average Bonchev–Trinajstić information content (AvgIpc) is 2.98. The van der Waals surface area contributed by atoms with Gasteiger partial charge >= 0.3 is 6.09 Å². The molecule has 1 N–H and O–H groups in total. The van der Waals surface area contributed by atoms with Crippen LogP contribution in [0.5, 0.6) is 0 Å². The van der Waals surface area contributed by atoms with Crippen molar-refractivity contribution in [2.45, 2.75) is 20.1 Å². The van der Waals surface area contributed by atoms with E-state index in [1.165, 1.54) is 0 Å². The van der Waals surface area contributed by atoms with Crippen LogP contribution < -0.4 is 5.32 Å². The minimum Gasteiger partial charge on any atom is -0.445 e. The highest BCUT2D eigenvalue weighted by Gasteiger charge is 2.00. The summed E-state index contributed by atoms with van der Waals surface area (Å²) >= 11 is 0. The van der Waals surface area contributed by atoms with Crippen LogP contribution in [0.3, 0.4) is 0 Å². The second-order valence-corrected chi connectivity index (χ2v) is 4.30. The number of carbonyl (C=O) groups is 1. The van der Waals surface area contributed by atoms with E-state index in [-0.39, 0.29) is 13.2 Å². The van der Waals surface area contributed by atoms with Crippen molar-refractivity contribution < 1.29 is 9.53 Å². The zero-order chi connectivity index (χ0) is 14.9. The summed E-state index contributed by atoms with van der Waals surface area (Å²) in [7, 11) is 0. The van der Waals surface area contributed by atoms with Gasteiger partial charge in [0.05, 0.1) is 18.3 Å². The molecule has 21 heavy (non-hydrogen) atoms. The Bertz CT molecular complexity index is 638. The first-order valence-corrected chi connectivity index (χ1v) is 6.74. The fraction of sp³-hybridized carbons (Fsp3) is 0.250. The molecule has 0 saturated heterocycles. The van der Waals surface area contributed by atoms with Gasteiger partial charge in [-0.15, -0.1) is 0 Å². The van der Waals surface area contributed by atoms with Crippen LogP contribution in [0, 0.1) is 11.8 Å². The molecule has 1 amide bonds. The van der Waals surface area contributed by atoms with E-state index in [1.807, 2.05) is 43.5 Å². The van der Waals surface area contributed by atoms with Gasteiger partial charge in [-0.2, -0.15) is 5.10 Å². The van der Waals surface area contributed by atoms with Crippen LogP contribution in [0.2, 0.25) is 0 Å². The van der Waals surface area contributed by atoms with Crippen molar-refractivity contribution in [3.05, 3.63) is 53.9 Å². The summed E-state index contributed by atoms with van der Waals surface area (Å²) in [6, 6.07) is 9.52. The third kappa shape index (κ3) is 5.03. The maximum Gasteiger partial charge on any atom is 0.408 e. The fourth-order valence-corrected chi connectivity index (χ4v) is 1.64. The standard InChI is InChI=1S/C16H17N3O2/c1-2-19-12-15(11-18-19)9-6-10-17-16(20)21-13-14-7-4-3-5-8-14/h3-5,7-8,11-12H,2,10,13H2,1H3,(H,17,20). The van der Waals surface area contributed by atoms with Gasteiger partial charge in [0.25, 0.3) is 0 Å². The van der Waals surface area contributed by atoms with Gasteiger partial charge in [-0.1, -0.05) is 42.2 Å². The van der Waals surface area contributed by atoms with E-state index in [9.17, 15) is 4.79 Å². The highest BCUT2D eigenvalue weighted by Crippen LogP contribution is 2.00. The monoisotopic (exact) mass is 283 g/mol. The lowest BCUT2D eigenvalue weighted by molar-refractivity contribution is 0.141. The molecule has 0 atom stereocenters. The molecule has 2 rings (SSSR count). The number of aromatic nitrogens is 2. The number of aryl methyl sites for hydroxylation is 1. The summed E-state index contributed by atoms with van der Waals surface area (Å²) < 4.78 is 6.86. The van der Waals surface area contributed by atoms with Crippen LogP contribution >= 0.6 is 0 Å². The lowest BCUT2D eigenvalue weighted by Gasteiger charge is -2.04. The number of benzene rings is 1. The molecule has 1 heterocycles.